The Morgan fingerprint density at radius 3 is 2.80 bits per heavy atom. The van der Waals surface area contributed by atoms with Crippen LogP contribution in [0, 0.1) is 5.92 Å². The molecule has 1 fully saturated rings. The van der Waals surface area contributed by atoms with E-state index in [0.29, 0.717) is 0 Å². The lowest BCUT2D eigenvalue weighted by atomic mass is 10.0. The predicted molar refractivity (Wildman–Crippen MR) is 85.7 cm³/mol. The molecular formula is C15H22BrN3O. The number of halogens is 1. The summed E-state index contributed by atoms with van der Waals surface area (Å²) in [6, 6.07) is 8.27. The van der Waals surface area contributed by atoms with Crippen LogP contribution in [0.3, 0.4) is 0 Å². The van der Waals surface area contributed by atoms with E-state index < -0.39 is 0 Å². The molecule has 1 heterocycles. The Labute approximate surface area is 128 Å². The number of rotatable bonds is 4. The monoisotopic (exact) mass is 339 g/mol. The molecule has 0 radical (unpaired) electrons. The van der Waals surface area contributed by atoms with E-state index in [-0.39, 0.29) is 23.9 Å². The van der Waals surface area contributed by atoms with Gasteiger partial charge in [0.1, 0.15) is 0 Å². The smallest absolute Gasteiger partial charge is 0.224 e. The van der Waals surface area contributed by atoms with Crippen LogP contribution in [0.2, 0.25) is 0 Å². The number of hydrogen-bond donors (Lipinski definition) is 2. The topological polar surface area (TPSA) is 58.4 Å². The molecule has 1 aliphatic rings. The van der Waals surface area contributed by atoms with Crippen LogP contribution < -0.4 is 16.0 Å². The summed E-state index contributed by atoms with van der Waals surface area (Å²) >= 11 is 3.57. The summed E-state index contributed by atoms with van der Waals surface area (Å²) in [7, 11) is 0. The normalized spacial score (nSPS) is 21.6. The third kappa shape index (κ3) is 3.52. The first-order chi connectivity index (χ1) is 9.49. The largest absolute Gasteiger partial charge is 0.368 e. The number of benzene rings is 1. The fourth-order valence-corrected chi connectivity index (χ4v) is 2.91. The van der Waals surface area contributed by atoms with Crippen LogP contribution in [-0.4, -0.2) is 31.1 Å². The van der Waals surface area contributed by atoms with Crippen molar-refractivity contribution in [1.82, 2.24) is 5.32 Å². The van der Waals surface area contributed by atoms with Gasteiger partial charge in [0.2, 0.25) is 5.91 Å². The second-order valence-electron chi connectivity index (χ2n) is 5.54. The Morgan fingerprint density at radius 2 is 2.15 bits per heavy atom. The lowest BCUT2D eigenvalue weighted by Gasteiger charge is -2.22. The first kappa shape index (κ1) is 15.3. The van der Waals surface area contributed by atoms with E-state index in [1.165, 1.54) is 5.69 Å². The number of hydrogen-bond acceptors (Lipinski definition) is 3. The Bertz CT molecular complexity index is 478. The van der Waals surface area contributed by atoms with E-state index in [1.54, 1.807) is 0 Å². The molecule has 1 aromatic carbocycles. The van der Waals surface area contributed by atoms with Crippen LogP contribution in [0.1, 0.15) is 20.3 Å². The van der Waals surface area contributed by atoms with Gasteiger partial charge in [-0.1, -0.05) is 19.1 Å². The molecular weight excluding hydrogens is 318 g/mol. The van der Waals surface area contributed by atoms with Gasteiger partial charge in [-0.3, -0.25) is 4.79 Å². The summed E-state index contributed by atoms with van der Waals surface area (Å²) in [5.74, 6) is -0.0912. The summed E-state index contributed by atoms with van der Waals surface area (Å²) < 4.78 is 1.09. The van der Waals surface area contributed by atoms with Gasteiger partial charge >= 0.3 is 0 Å². The van der Waals surface area contributed by atoms with E-state index in [4.69, 9.17) is 5.73 Å². The molecule has 2 rings (SSSR count). The molecule has 3 N–H and O–H groups in total. The zero-order chi connectivity index (χ0) is 14.7. The van der Waals surface area contributed by atoms with Gasteiger partial charge in [0.25, 0.3) is 0 Å². The molecule has 4 nitrogen and oxygen atoms in total. The van der Waals surface area contributed by atoms with Gasteiger partial charge in [-0.15, -0.1) is 0 Å². The van der Waals surface area contributed by atoms with Gasteiger partial charge in [0, 0.05) is 35.6 Å². The number of para-hydroxylation sites is 1. The van der Waals surface area contributed by atoms with E-state index >= 15 is 0 Å². The highest BCUT2D eigenvalue weighted by Crippen LogP contribution is 2.28. The number of carbonyl (C=O) groups excluding carboxylic acids is 1. The quantitative estimate of drug-likeness (QED) is 0.883. The minimum Gasteiger partial charge on any atom is -0.368 e. The molecule has 0 aromatic heterocycles. The Balaban J connectivity index is 1.93. The highest BCUT2D eigenvalue weighted by molar-refractivity contribution is 9.10. The van der Waals surface area contributed by atoms with E-state index in [2.05, 4.69) is 32.2 Å². The molecule has 0 bridgehead atoms. The standard InChI is InChI=1S/C15H22BrN3O/c1-10(11(2)17)15(20)18-12-7-8-19(9-12)14-6-4-3-5-13(14)16/h3-6,10-12H,7-9,17H2,1-2H3,(H,18,20). The zero-order valence-electron chi connectivity index (χ0n) is 12.0. The minimum atomic E-state index is -0.146. The summed E-state index contributed by atoms with van der Waals surface area (Å²) in [6.07, 6.45) is 0.971. The summed E-state index contributed by atoms with van der Waals surface area (Å²) in [4.78, 5) is 14.3. The number of amides is 1. The fraction of sp³-hybridized carbons (Fsp3) is 0.533. The average molecular weight is 340 g/mol. The van der Waals surface area contributed by atoms with Gasteiger partial charge in [-0.05, 0) is 41.4 Å². The molecule has 110 valence electrons. The number of nitrogens with zero attached hydrogens (tertiary/aromatic N) is 1. The molecule has 1 amide bonds. The fourth-order valence-electron chi connectivity index (χ4n) is 2.38. The van der Waals surface area contributed by atoms with Gasteiger partial charge in [0.05, 0.1) is 5.69 Å². The zero-order valence-corrected chi connectivity index (χ0v) is 13.6. The van der Waals surface area contributed by atoms with Gasteiger partial charge in [0.15, 0.2) is 0 Å². The van der Waals surface area contributed by atoms with Crippen LogP contribution in [-0.2, 0) is 4.79 Å². The Morgan fingerprint density at radius 1 is 1.45 bits per heavy atom. The SMILES string of the molecule is CC(N)C(C)C(=O)NC1CCN(c2ccccc2Br)C1. The predicted octanol–water partition coefficient (Wildman–Crippen LogP) is 2.13. The van der Waals surface area contributed by atoms with Crippen molar-refractivity contribution in [3.05, 3.63) is 28.7 Å². The van der Waals surface area contributed by atoms with Crippen LogP contribution in [0.4, 0.5) is 5.69 Å². The van der Waals surface area contributed by atoms with Crippen molar-refractivity contribution in [3.8, 4) is 0 Å². The molecule has 5 heteroatoms. The maximum atomic E-state index is 12.0. The van der Waals surface area contributed by atoms with E-state index in [1.807, 2.05) is 32.0 Å². The number of carbonyl (C=O) groups is 1. The molecule has 0 spiro atoms. The lowest BCUT2D eigenvalue weighted by Crippen LogP contribution is -2.44. The van der Waals surface area contributed by atoms with Crippen molar-refractivity contribution in [3.63, 3.8) is 0 Å². The summed E-state index contributed by atoms with van der Waals surface area (Å²) in [6.45, 7) is 5.55. The van der Waals surface area contributed by atoms with Crippen molar-refractivity contribution >= 4 is 27.5 Å². The van der Waals surface area contributed by atoms with Crippen molar-refractivity contribution in [2.45, 2.75) is 32.4 Å². The van der Waals surface area contributed by atoms with Gasteiger partial charge in [-0.25, -0.2) is 0 Å². The van der Waals surface area contributed by atoms with E-state index in [9.17, 15) is 4.79 Å². The first-order valence-corrected chi connectivity index (χ1v) is 7.83. The van der Waals surface area contributed by atoms with E-state index in [0.717, 1.165) is 24.0 Å². The maximum absolute atomic E-state index is 12.0. The van der Waals surface area contributed by atoms with Crippen molar-refractivity contribution in [2.75, 3.05) is 18.0 Å². The number of nitrogens with two attached hydrogens (primary N) is 1. The molecule has 1 aromatic rings. The first-order valence-electron chi connectivity index (χ1n) is 7.04. The molecule has 0 saturated carbocycles. The molecule has 1 aliphatic heterocycles. The number of anilines is 1. The van der Waals surface area contributed by atoms with Crippen molar-refractivity contribution < 1.29 is 4.79 Å². The van der Waals surface area contributed by atoms with Crippen molar-refractivity contribution in [2.24, 2.45) is 11.7 Å². The minimum absolute atomic E-state index is 0.0546. The number of nitrogens with one attached hydrogen (secondary N) is 1. The Kier molecular flexibility index (Phi) is 5.05. The molecule has 0 aliphatic carbocycles. The molecule has 1 saturated heterocycles. The average Bonchev–Trinajstić information content (AvgIpc) is 2.86. The second-order valence-corrected chi connectivity index (χ2v) is 6.39. The van der Waals surface area contributed by atoms with Crippen molar-refractivity contribution in [1.29, 1.82) is 0 Å². The van der Waals surface area contributed by atoms with Gasteiger partial charge in [-0.2, -0.15) is 0 Å². The second kappa shape index (κ2) is 6.59. The summed E-state index contributed by atoms with van der Waals surface area (Å²) in [5.41, 5.74) is 6.96. The van der Waals surface area contributed by atoms with Crippen LogP contribution in [0.15, 0.2) is 28.7 Å². The third-order valence-corrected chi connectivity index (χ3v) is 4.60. The van der Waals surface area contributed by atoms with Gasteiger partial charge < -0.3 is 16.0 Å². The maximum Gasteiger partial charge on any atom is 0.224 e. The summed E-state index contributed by atoms with van der Waals surface area (Å²) in [5, 5.41) is 3.10. The highest BCUT2D eigenvalue weighted by Gasteiger charge is 2.27. The van der Waals surface area contributed by atoms with Crippen LogP contribution >= 0.6 is 15.9 Å². The molecule has 20 heavy (non-hydrogen) atoms. The van der Waals surface area contributed by atoms with Crippen LogP contribution in [0.5, 0.6) is 0 Å². The molecule has 3 unspecified atom stereocenters. The Hall–Kier alpha value is -1.07. The highest BCUT2D eigenvalue weighted by atomic mass is 79.9. The lowest BCUT2D eigenvalue weighted by molar-refractivity contribution is -0.125. The molecule has 3 atom stereocenters. The third-order valence-electron chi connectivity index (χ3n) is 3.93. The van der Waals surface area contributed by atoms with Crippen LogP contribution in [0.25, 0.3) is 0 Å².